The van der Waals surface area contributed by atoms with Crippen LogP contribution in [-0.2, 0) is 28.7 Å². The molecule has 0 fully saturated rings. The predicted octanol–water partition coefficient (Wildman–Crippen LogP) is 7.74. The molecule has 6 nitrogen and oxygen atoms in total. The number of rotatable bonds is 10. The molecule has 0 radical (unpaired) electrons. The van der Waals surface area contributed by atoms with E-state index in [1.807, 2.05) is 6.92 Å². The van der Waals surface area contributed by atoms with E-state index in [1.165, 1.54) is 19.2 Å². The zero-order chi connectivity index (χ0) is 29.4. The number of amides is 2. The average molecular weight is 597 g/mol. The summed E-state index contributed by atoms with van der Waals surface area (Å²) < 4.78 is 50.5. The van der Waals surface area contributed by atoms with Gasteiger partial charge in [-0.25, -0.2) is 4.79 Å². The molecule has 1 unspecified atom stereocenters. The Labute approximate surface area is 240 Å². The van der Waals surface area contributed by atoms with Crippen LogP contribution < -0.4 is 15.4 Å². The monoisotopic (exact) mass is 596 g/mol. The van der Waals surface area contributed by atoms with Gasteiger partial charge in [0.05, 0.1) is 41.8 Å². The molecule has 0 aliphatic carbocycles. The number of ether oxygens (including phenoxy) is 2. The van der Waals surface area contributed by atoms with Crippen LogP contribution in [0.2, 0.25) is 10.0 Å². The molecule has 2 amide bonds. The zero-order valence-electron chi connectivity index (χ0n) is 22.1. The number of hydrogen-bond donors (Lipinski definition) is 2. The van der Waals surface area contributed by atoms with Gasteiger partial charge in [-0.2, -0.15) is 13.2 Å². The summed E-state index contributed by atoms with van der Waals surface area (Å²) in [5.74, 6) is -0.106. The molecule has 0 aliphatic rings. The molecule has 3 aromatic rings. The van der Waals surface area contributed by atoms with Crippen LogP contribution in [-0.4, -0.2) is 25.7 Å². The summed E-state index contributed by atoms with van der Waals surface area (Å²) in [6, 6.07) is 11.8. The fraction of sp³-hybridized carbons (Fsp3) is 0.310. The summed E-state index contributed by atoms with van der Waals surface area (Å²) in [5, 5.41) is 6.45. The fourth-order valence-corrected chi connectivity index (χ4v) is 4.60. The minimum atomic E-state index is -4.50. The molecular weight excluding hydrogens is 568 g/mol. The van der Waals surface area contributed by atoms with E-state index in [2.05, 4.69) is 10.6 Å². The second-order valence-corrected chi connectivity index (χ2v) is 9.62. The summed E-state index contributed by atoms with van der Waals surface area (Å²) in [5.41, 5.74) is 1.92. The predicted molar refractivity (Wildman–Crippen MR) is 149 cm³/mol. The summed E-state index contributed by atoms with van der Waals surface area (Å²) in [4.78, 5) is 25.4. The van der Waals surface area contributed by atoms with Crippen molar-refractivity contribution in [3.05, 3.63) is 86.9 Å². The van der Waals surface area contributed by atoms with Crippen LogP contribution in [0, 0.1) is 0 Å². The number of carbonyl (C=O) groups excluding carboxylic acids is 2. The van der Waals surface area contributed by atoms with E-state index in [4.69, 9.17) is 32.7 Å². The highest BCUT2D eigenvalue weighted by molar-refractivity contribution is 6.42. The Balaban J connectivity index is 2.02. The number of urea groups is 1. The summed E-state index contributed by atoms with van der Waals surface area (Å²) in [6.45, 7) is 3.88. The first-order valence-corrected chi connectivity index (χ1v) is 13.2. The molecule has 214 valence electrons. The van der Waals surface area contributed by atoms with Gasteiger partial charge in [0.25, 0.3) is 0 Å². The van der Waals surface area contributed by atoms with Gasteiger partial charge in [-0.15, -0.1) is 0 Å². The number of halogens is 5. The molecule has 3 aromatic carbocycles. The lowest BCUT2D eigenvalue weighted by Crippen LogP contribution is -2.38. The van der Waals surface area contributed by atoms with Crippen LogP contribution in [0.5, 0.6) is 5.75 Å². The summed E-state index contributed by atoms with van der Waals surface area (Å²) in [6.07, 6.45) is -4.21. The largest absolute Gasteiger partial charge is 0.496 e. The Morgan fingerprint density at radius 3 is 2.25 bits per heavy atom. The molecule has 0 bridgehead atoms. The first kappa shape index (κ1) is 31.1. The normalized spacial score (nSPS) is 12.0. The third-order valence-electron chi connectivity index (χ3n) is 6.16. The standard InChI is InChI=1S/C29H29Cl2F3N2O4/c1-4-23(36-28(38)35-16-17-6-12-21(30)22(31)14-17)26-19(15-25(37)40-5-2)9-13-24(39-3)27(26)18-7-10-20(11-8-18)29(32,33)34/h6-14,23H,4-5,15-16H2,1-3H3,(H2,35,36,38). The molecule has 0 heterocycles. The van der Waals surface area contributed by atoms with E-state index in [9.17, 15) is 22.8 Å². The third-order valence-corrected chi connectivity index (χ3v) is 6.90. The highest BCUT2D eigenvalue weighted by Gasteiger charge is 2.31. The maximum Gasteiger partial charge on any atom is 0.416 e. The van der Waals surface area contributed by atoms with Crippen LogP contribution >= 0.6 is 23.2 Å². The van der Waals surface area contributed by atoms with Gasteiger partial charge in [0, 0.05) is 12.1 Å². The SMILES string of the molecule is CCOC(=O)Cc1ccc(OC)c(-c2ccc(C(F)(F)F)cc2)c1C(CC)NC(=O)NCc1ccc(Cl)c(Cl)c1. The van der Waals surface area contributed by atoms with Crippen molar-refractivity contribution in [1.82, 2.24) is 10.6 Å². The molecule has 0 aliphatic heterocycles. The number of methoxy groups -OCH3 is 1. The molecule has 3 rings (SSSR count). The molecule has 1 atom stereocenters. The van der Waals surface area contributed by atoms with Crippen LogP contribution in [0.1, 0.15) is 48.6 Å². The molecule has 40 heavy (non-hydrogen) atoms. The molecule has 0 saturated carbocycles. The summed E-state index contributed by atoms with van der Waals surface area (Å²) >= 11 is 12.0. The minimum absolute atomic E-state index is 0.107. The van der Waals surface area contributed by atoms with Gasteiger partial charge >= 0.3 is 18.2 Å². The Morgan fingerprint density at radius 2 is 1.68 bits per heavy atom. The van der Waals surface area contributed by atoms with Gasteiger partial charge in [0.15, 0.2) is 0 Å². The minimum Gasteiger partial charge on any atom is -0.496 e. The molecule has 0 saturated heterocycles. The first-order valence-electron chi connectivity index (χ1n) is 12.5. The van der Waals surface area contributed by atoms with E-state index < -0.39 is 29.8 Å². The topological polar surface area (TPSA) is 76.7 Å². The van der Waals surface area contributed by atoms with Gasteiger partial charge in [0.2, 0.25) is 0 Å². The Bertz CT molecular complexity index is 1350. The van der Waals surface area contributed by atoms with Gasteiger partial charge < -0.3 is 20.1 Å². The van der Waals surface area contributed by atoms with E-state index in [0.29, 0.717) is 44.5 Å². The molecule has 2 N–H and O–H groups in total. The smallest absolute Gasteiger partial charge is 0.416 e. The number of hydrogen-bond acceptors (Lipinski definition) is 4. The Kier molecular flexibility index (Phi) is 10.7. The van der Waals surface area contributed by atoms with Crippen LogP contribution in [0.4, 0.5) is 18.0 Å². The molecule has 0 aromatic heterocycles. The van der Waals surface area contributed by atoms with Crippen LogP contribution in [0.25, 0.3) is 11.1 Å². The number of benzene rings is 3. The second-order valence-electron chi connectivity index (χ2n) is 8.81. The Hall–Kier alpha value is -3.43. The van der Waals surface area contributed by atoms with E-state index in [-0.39, 0.29) is 19.6 Å². The zero-order valence-corrected chi connectivity index (χ0v) is 23.6. The number of esters is 1. The van der Waals surface area contributed by atoms with Crippen molar-refractivity contribution in [2.24, 2.45) is 0 Å². The van der Waals surface area contributed by atoms with Crippen LogP contribution in [0.15, 0.2) is 54.6 Å². The Morgan fingerprint density at radius 1 is 0.975 bits per heavy atom. The number of nitrogens with one attached hydrogen (secondary N) is 2. The molecular formula is C29H29Cl2F3N2O4. The number of carbonyl (C=O) groups is 2. The summed E-state index contributed by atoms with van der Waals surface area (Å²) in [7, 11) is 1.44. The lowest BCUT2D eigenvalue weighted by Gasteiger charge is -2.26. The molecule has 11 heteroatoms. The van der Waals surface area contributed by atoms with Crippen molar-refractivity contribution in [1.29, 1.82) is 0 Å². The molecule has 0 spiro atoms. The highest BCUT2D eigenvalue weighted by Crippen LogP contribution is 2.41. The lowest BCUT2D eigenvalue weighted by atomic mass is 9.87. The van der Waals surface area contributed by atoms with Gasteiger partial charge in [0.1, 0.15) is 5.75 Å². The quantitative estimate of drug-likeness (QED) is 0.235. The van der Waals surface area contributed by atoms with Gasteiger partial charge in [-0.05, 0) is 65.9 Å². The first-order chi connectivity index (χ1) is 19.0. The van der Waals surface area contributed by atoms with Crippen molar-refractivity contribution < 1.29 is 32.2 Å². The third kappa shape index (κ3) is 7.82. The van der Waals surface area contributed by atoms with Crippen LogP contribution in [0.3, 0.4) is 0 Å². The van der Waals surface area contributed by atoms with Crippen molar-refractivity contribution in [2.45, 2.75) is 45.5 Å². The van der Waals surface area contributed by atoms with E-state index in [0.717, 1.165) is 17.7 Å². The van der Waals surface area contributed by atoms with Crippen molar-refractivity contribution >= 4 is 35.2 Å². The maximum absolute atomic E-state index is 13.2. The number of alkyl halides is 3. The van der Waals surface area contributed by atoms with E-state index >= 15 is 0 Å². The second kappa shape index (κ2) is 13.8. The van der Waals surface area contributed by atoms with Crippen molar-refractivity contribution in [3.63, 3.8) is 0 Å². The average Bonchev–Trinajstić information content (AvgIpc) is 2.92. The highest BCUT2D eigenvalue weighted by atomic mass is 35.5. The van der Waals surface area contributed by atoms with Gasteiger partial charge in [-0.3, -0.25) is 4.79 Å². The van der Waals surface area contributed by atoms with Crippen molar-refractivity contribution in [2.75, 3.05) is 13.7 Å². The fourth-order valence-electron chi connectivity index (χ4n) is 4.28. The lowest BCUT2D eigenvalue weighted by molar-refractivity contribution is -0.142. The van der Waals surface area contributed by atoms with Crippen molar-refractivity contribution in [3.8, 4) is 16.9 Å². The van der Waals surface area contributed by atoms with Gasteiger partial charge in [-0.1, -0.05) is 54.4 Å². The van der Waals surface area contributed by atoms with E-state index in [1.54, 1.807) is 37.3 Å². The maximum atomic E-state index is 13.2.